The number of hydrogen-bond donors (Lipinski definition) is 0. The standard InChI is InChI=1S/C12H23N/c1-2-13-12-10-8-6-4-3-5-7-9-11-12/h2,12H,3-11H2,1H3/b13-2+. The van der Waals surface area contributed by atoms with Crippen molar-refractivity contribution < 1.29 is 0 Å². The Bertz CT molecular complexity index is 130. The molecule has 76 valence electrons. The summed E-state index contributed by atoms with van der Waals surface area (Å²) in [4.78, 5) is 4.53. The maximum absolute atomic E-state index is 4.53. The molecule has 1 aliphatic carbocycles. The molecule has 0 amide bonds. The van der Waals surface area contributed by atoms with Gasteiger partial charge in [0.05, 0.1) is 0 Å². The van der Waals surface area contributed by atoms with Gasteiger partial charge < -0.3 is 0 Å². The first-order chi connectivity index (χ1) is 6.43. The van der Waals surface area contributed by atoms with Gasteiger partial charge in [0.2, 0.25) is 0 Å². The van der Waals surface area contributed by atoms with Gasteiger partial charge in [0.1, 0.15) is 0 Å². The van der Waals surface area contributed by atoms with Crippen molar-refractivity contribution in [3.8, 4) is 0 Å². The smallest absolute Gasteiger partial charge is 0.0495 e. The van der Waals surface area contributed by atoms with E-state index in [2.05, 4.69) is 4.99 Å². The Balaban J connectivity index is 2.26. The number of nitrogens with zero attached hydrogens (tertiary/aromatic N) is 1. The normalized spacial score (nSPS) is 23.5. The number of aliphatic imine (C=N–C) groups is 1. The lowest BCUT2D eigenvalue weighted by Gasteiger charge is -2.13. The van der Waals surface area contributed by atoms with Crippen molar-refractivity contribution in [1.29, 1.82) is 0 Å². The van der Waals surface area contributed by atoms with Crippen LogP contribution < -0.4 is 0 Å². The largest absolute Gasteiger partial charge is 0.295 e. The van der Waals surface area contributed by atoms with Gasteiger partial charge >= 0.3 is 0 Å². The summed E-state index contributed by atoms with van der Waals surface area (Å²) in [5.41, 5.74) is 0. The zero-order chi connectivity index (χ0) is 9.36. The molecular formula is C12H23N. The van der Waals surface area contributed by atoms with E-state index in [0.717, 1.165) is 0 Å². The second kappa shape index (κ2) is 7.11. The van der Waals surface area contributed by atoms with Crippen LogP contribution >= 0.6 is 0 Å². The molecule has 1 aliphatic rings. The minimum absolute atomic E-state index is 0.642. The van der Waals surface area contributed by atoms with Crippen molar-refractivity contribution in [2.24, 2.45) is 4.99 Å². The minimum atomic E-state index is 0.642. The van der Waals surface area contributed by atoms with Crippen LogP contribution in [0.3, 0.4) is 0 Å². The van der Waals surface area contributed by atoms with Crippen LogP contribution in [0.4, 0.5) is 0 Å². The Hall–Kier alpha value is -0.330. The molecule has 1 saturated carbocycles. The summed E-state index contributed by atoms with van der Waals surface area (Å²) in [6.45, 7) is 2.04. The van der Waals surface area contributed by atoms with Gasteiger partial charge in [0.15, 0.2) is 0 Å². The average molecular weight is 181 g/mol. The Labute approximate surface area is 82.6 Å². The molecular weight excluding hydrogens is 158 g/mol. The van der Waals surface area contributed by atoms with Crippen LogP contribution in [-0.4, -0.2) is 12.3 Å². The summed E-state index contributed by atoms with van der Waals surface area (Å²) in [7, 11) is 0. The molecule has 1 fully saturated rings. The van der Waals surface area contributed by atoms with Crippen LogP contribution in [0.1, 0.15) is 64.7 Å². The van der Waals surface area contributed by atoms with E-state index in [1.54, 1.807) is 0 Å². The fraction of sp³-hybridized carbons (Fsp3) is 0.917. The highest BCUT2D eigenvalue weighted by Crippen LogP contribution is 2.18. The molecule has 0 unspecified atom stereocenters. The fourth-order valence-electron chi connectivity index (χ4n) is 2.15. The fourth-order valence-corrected chi connectivity index (χ4v) is 2.15. The first kappa shape index (κ1) is 10.7. The second-order valence-electron chi connectivity index (χ2n) is 4.11. The molecule has 0 aromatic rings. The molecule has 1 heteroatoms. The van der Waals surface area contributed by atoms with Crippen molar-refractivity contribution in [2.75, 3.05) is 0 Å². The molecule has 0 aromatic heterocycles. The van der Waals surface area contributed by atoms with Gasteiger partial charge in [-0.2, -0.15) is 0 Å². The van der Waals surface area contributed by atoms with E-state index in [9.17, 15) is 0 Å². The van der Waals surface area contributed by atoms with Crippen molar-refractivity contribution >= 4 is 6.21 Å². The summed E-state index contributed by atoms with van der Waals surface area (Å²) >= 11 is 0. The van der Waals surface area contributed by atoms with Crippen LogP contribution in [0.25, 0.3) is 0 Å². The van der Waals surface area contributed by atoms with E-state index in [4.69, 9.17) is 0 Å². The summed E-state index contributed by atoms with van der Waals surface area (Å²) in [6, 6.07) is 0.642. The van der Waals surface area contributed by atoms with Crippen molar-refractivity contribution in [2.45, 2.75) is 70.8 Å². The van der Waals surface area contributed by atoms with Crippen LogP contribution in [-0.2, 0) is 0 Å². The van der Waals surface area contributed by atoms with Gasteiger partial charge in [0, 0.05) is 6.04 Å². The maximum atomic E-state index is 4.53. The summed E-state index contributed by atoms with van der Waals surface area (Å²) in [6.07, 6.45) is 14.6. The minimum Gasteiger partial charge on any atom is -0.295 e. The van der Waals surface area contributed by atoms with E-state index in [-0.39, 0.29) is 0 Å². The van der Waals surface area contributed by atoms with Crippen molar-refractivity contribution in [3.63, 3.8) is 0 Å². The van der Waals surface area contributed by atoms with E-state index in [1.807, 2.05) is 13.1 Å². The van der Waals surface area contributed by atoms with Gasteiger partial charge in [-0.25, -0.2) is 0 Å². The highest BCUT2D eigenvalue weighted by molar-refractivity contribution is 5.53. The first-order valence-corrected chi connectivity index (χ1v) is 5.91. The molecule has 13 heavy (non-hydrogen) atoms. The van der Waals surface area contributed by atoms with E-state index in [0.29, 0.717) is 6.04 Å². The summed E-state index contributed by atoms with van der Waals surface area (Å²) < 4.78 is 0. The molecule has 0 radical (unpaired) electrons. The van der Waals surface area contributed by atoms with E-state index < -0.39 is 0 Å². The topological polar surface area (TPSA) is 12.4 Å². The van der Waals surface area contributed by atoms with Gasteiger partial charge in [-0.15, -0.1) is 0 Å². The van der Waals surface area contributed by atoms with Gasteiger partial charge in [0.25, 0.3) is 0 Å². The van der Waals surface area contributed by atoms with Gasteiger partial charge in [-0.1, -0.05) is 44.9 Å². The highest BCUT2D eigenvalue weighted by atomic mass is 14.8. The average Bonchev–Trinajstić information content (AvgIpc) is 2.16. The third-order valence-electron chi connectivity index (χ3n) is 2.93. The Morgan fingerprint density at radius 3 is 1.77 bits per heavy atom. The van der Waals surface area contributed by atoms with E-state index in [1.165, 1.54) is 57.8 Å². The second-order valence-corrected chi connectivity index (χ2v) is 4.11. The molecule has 0 bridgehead atoms. The third kappa shape index (κ3) is 5.07. The lowest BCUT2D eigenvalue weighted by molar-refractivity contribution is 0.463. The SMILES string of the molecule is C/C=N/C1CCCCCCCCC1. The molecule has 0 N–H and O–H groups in total. The Morgan fingerprint density at radius 1 is 0.846 bits per heavy atom. The number of rotatable bonds is 1. The molecule has 0 aromatic carbocycles. The quantitative estimate of drug-likeness (QED) is 0.543. The van der Waals surface area contributed by atoms with Crippen LogP contribution in [0.5, 0.6) is 0 Å². The first-order valence-electron chi connectivity index (χ1n) is 5.91. The molecule has 0 atom stereocenters. The maximum Gasteiger partial charge on any atom is 0.0495 e. The third-order valence-corrected chi connectivity index (χ3v) is 2.93. The van der Waals surface area contributed by atoms with E-state index >= 15 is 0 Å². The van der Waals surface area contributed by atoms with Crippen molar-refractivity contribution in [3.05, 3.63) is 0 Å². The molecule has 0 saturated heterocycles. The highest BCUT2D eigenvalue weighted by Gasteiger charge is 2.06. The predicted molar refractivity (Wildman–Crippen MR) is 59.5 cm³/mol. The monoisotopic (exact) mass is 181 g/mol. The summed E-state index contributed by atoms with van der Waals surface area (Å²) in [5.74, 6) is 0. The number of hydrogen-bond acceptors (Lipinski definition) is 1. The van der Waals surface area contributed by atoms with Crippen molar-refractivity contribution in [1.82, 2.24) is 0 Å². The van der Waals surface area contributed by atoms with Gasteiger partial charge in [-0.05, 0) is 26.0 Å². The molecule has 0 spiro atoms. The zero-order valence-electron chi connectivity index (χ0n) is 8.97. The lowest BCUT2D eigenvalue weighted by Crippen LogP contribution is -2.05. The molecule has 1 nitrogen and oxygen atoms in total. The van der Waals surface area contributed by atoms with Crippen LogP contribution in [0.15, 0.2) is 4.99 Å². The lowest BCUT2D eigenvalue weighted by atomic mass is 9.98. The molecule has 1 rings (SSSR count). The Kier molecular flexibility index (Phi) is 5.88. The predicted octanol–water partition coefficient (Wildman–Crippen LogP) is 3.97. The van der Waals surface area contributed by atoms with Gasteiger partial charge in [-0.3, -0.25) is 4.99 Å². The van der Waals surface area contributed by atoms with Crippen LogP contribution in [0.2, 0.25) is 0 Å². The zero-order valence-corrected chi connectivity index (χ0v) is 8.97. The molecule has 0 heterocycles. The Morgan fingerprint density at radius 2 is 1.31 bits per heavy atom. The van der Waals surface area contributed by atoms with Crippen LogP contribution in [0, 0.1) is 0 Å². The molecule has 0 aliphatic heterocycles. The summed E-state index contributed by atoms with van der Waals surface area (Å²) in [5, 5.41) is 0.